The molecule has 0 bridgehead atoms. The minimum absolute atomic E-state index is 0.106. The van der Waals surface area contributed by atoms with Gasteiger partial charge in [-0.05, 0) is 19.3 Å². The van der Waals surface area contributed by atoms with Gasteiger partial charge in [0.05, 0.1) is 0 Å². The second kappa shape index (κ2) is 2.03. The van der Waals surface area contributed by atoms with Crippen LogP contribution in [0.3, 0.4) is 0 Å². The molecular weight excluding hydrogens is 104 g/mol. The maximum atomic E-state index is 5.08. The van der Waals surface area contributed by atoms with Crippen molar-refractivity contribution in [3.63, 3.8) is 0 Å². The first-order chi connectivity index (χ1) is 3.79. The first kappa shape index (κ1) is 5.41. The first-order valence-electron chi connectivity index (χ1n) is 2.83. The lowest BCUT2D eigenvalue weighted by Crippen LogP contribution is -2.49. The molecule has 4 N–H and O–H groups in total. The van der Waals surface area contributed by atoms with E-state index in [2.05, 4.69) is 0 Å². The molecule has 1 saturated carbocycles. The van der Waals surface area contributed by atoms with Crippen molar-refractivity contribution in [2.45, 2.75) is 25.4 Å². The zero-order chi connectivity index (χ0) is 5.98. The van der Waals surface area contributed by atoms with Crippen LogP contribution in [0.1, 0.15) is 19.3 Å². The Morgan fingerprint density at radius 3 is 2.38 bits per heavy atom. The van der Waals surface area contributed by atoms with Gasteiger partial charge >= 0.3 is 6.02 Å². The van der Waals surface area contributed by atoms with Crippen molar-refractivity contribution >= 4 is 6.02 Å². The van der Waals surface area contributed by atoms with Crippen molar-refractivity contribution in [3.8, 4) is 0 Å². The molecule has 0 aliphatic heterocycles. The Bertz CT molecular complexity index is 98.6. The summed E-state index contributed by atoms with van der Waals surface area (Å²) in [6.45, 7) is 0. The van der Waals surface area contributed by atoms with Gasteiger partial charge in [-0.15, -0.1) is 0 Å². The molecule has 0 aromatic heterocycles. The van der Waals surface area contributed by atoms with Gasteiger partial charge in [0.2, 0.25) is 0 Å². The molecule has 0 radical (unpaired) electrons. The predicted octanol–water partition coefficient (Wildman–Crippen LogP) is -1.37. The summed E-state index contributed by atoms with van der Waals surface area (Å²) >= 11 is 0. The number of rotatable bonds is 1. The van der Waals surface area contributed by atoms with Crippen LogP contribution in [-0.4, -0.2) is 12.1 Å². The third kappa shape index (κ3) is 1.12. The molecular formula is C5H11N2O+. The highest BCUT2D eigenvalue weighted by molar-refractivity contribution is 5.64. The monoisotopic (exact) mass is 115 g/mol. The Balaban J connectivity index is 2.09. The average molecular weight is 115 g/mol. The van der Waals surface area contributed by atoms with Gasteiger partial charge in [-0.3, -0.25) is 11.1 Å². The molecule has 0 heterocycles. The van der Waals surface area contributed by atoms with Gasteiger partial charge in [-0.1, -0.05) is 0 Å². The summed E-state index contributed by atoms with van der Waals surface area (Å²) in [5, 5.41) is 5.08. The minimum Gasteiger partial charge on any atom is -0.429 e. The maximum Gasteiger partial charge on any atom is 0.437 e. The molecule has 3 heteroatoms. The summed E-state index contributed by atoms with van der Waals surface area (Å²) in [7, 11) is 0. The van der Waals surface area contributed by atoms with Crippen LogP contribution in [0, 0.1) is 0 Å². The van der Waals surface area contributed by atoms with Crippen molar-refractivity contribution in [3.05, 3.63) is 0 Å². The van der Waals surface area contributed by atoms with Gasteiger partial charge in [0.25, 0.3) is 0 Å². The second-order valence-corrected chi connectivity index (χ2v) is 2.07. The third-order valence-electron chi connectivity index (χ3n) is 1.35. The molecule has 46 valence electrons. The Morgan fingerprint density at radius 2 is 2.25 bits per heavy atom. The third-order valence-corrected chi connectivity index (χ3v) is 1.35. The molecule has 1 fully saturated rings. The van der Waals surface area contributed by atoms with Gasteiger partial charge in [0, 0.05) is 0 Å². The molecule has 0 aromatic carbocycles. The number of hydrogen-bond donors (Lipinski definition) is 2. The van der Waals surface area contributed by atoms with E-state index in [1.54, 1.807) is 0 Å². The largest absolute Gasteiger partial charge is 0.437 e. The first-order valence-corrected chi connectivity index (χ1v) is 2.83. The molecule has 1 rings (SSSR count). The smallest absolute Gasteiger partial charge is 0.429 e. The summed E-state index contributed by atoms with van der Waals surface area (Å²) in [5.74, 6) is 0. The van der Waals surface area contributed by atoms with Crippen molar-refractivity contribution in [2.75, 3.05) is 0 Å². The summed E-state index contributed by atoms with van der Waals surface area (Å²) in [4.78, 5) is 0. The molecule has 0 amide bonds. The van der Waals surface area contributed by atoms with Gasteiger partial charge in [-0.25, -0.2) is 0 Å². The summed E-state index contributed by atoms with van der Waals surface area (Å²) in [6, 6.07) is 0.106. The van der Waals surface area contributed by atoms with E-state index in [9.17, 15) is 0 Å². The lowest BCUT2D eigenvalue weighted by Gasteiger charge is -2.22. The number of amidine groups is 1. The van der Waals surface area contributed by atoms with Gasteiger partial charge in [0.1, 0.15) is 6.10 Å². The fourth-order valence-corrected chi connectivity index (χ4v) is 0.681. The van der Waals surface area contributed by atoms with E-state index in [1.807, 2.05) is 0 Å². The molecule has 3 nitrogen and oxygen atoms in total. The molecule has 0 unspecified atom stereocenters. The molecule has 0 spiro atoms. The second-order valence-electron chi connectivity index (χ2n) is 2.07. The minimum atomic E-state index is 0.106. The zero-order valence-electron chi connectivity index (χ0n) is 4.76. The summed E-state index contributed by atoms with van der Waals surface area (Å²) in [6.07, 6.45) is 3.79. The van der Waals surface area contributed by atoms with Gasteiger partial charge in [0.15, 0.2) is 0 Å². The fourth-order valence-electron chi connectivity index (χ4n) is 0.681. The van der Waals surface area contributed by atoms with Crippen LogP contribution in [0.2, 0.25) is 0 Å². The van der Waals surface area contributed by atoms with Crippen LogP contribution in [0.5, 0.6) is 0 Å². The fraction of sp³-hybridized carbons (Fsp3) is 0.800. The van der Waals surface area contributed by atoms with E-state index in [0.29, 0.717) is 6.10 Å². The molecule has 0 saturated heterocycles. The van der Waals surface area contributed by atoms with Gasteiger partial charge in [-0.2, -0.15) is 0 Å². The molecule has 1 aliphatic rings. The van der Waals surface area contributed by atoms with E-state index >= 15 is 0 Å². The summed E-state index contributed by atoms with van der Waals surface area (Å²) in [5.41, 5.74) is 5.08. The normalized spacial score (nSPS) is 19.5. The number of ether oxygens (including phenoxy) is 1. The van der Waals surface area contributed by atoms with Crippen LogP contribution in [0.25, 0.3) is 0 Å². The van der Waals surface area contributed by atoms with Crippen LogP contribution in [0.4, 0.5) is 0 Å². The van der Waals surface area contributed by atoms with E-state index in [1.165, 1.54) is 6.42 Å². The lowest BCUT2D eigenvalue weighted by atomic mass is 9.96. The van der Waals surface area contributed by atoms with Crippen molar-refractivity contribution in [1.29, 1.82) is 0 Å². The quantitative estimate of drug-likeness (QED) is 0.327. The number of hydrogen-bond acceptors (Lipinski definition) is 1. The molecule has 0 atom stereocenters. The van der Waals surface area contributed by atoms with E-state index < -0.39 is 0 Å². The van der Waals surface area contributed by atoms with Crippen LogP contribution >= 0.6 is 0 Å². The highest BCUT2D eigenvalue weighted by Gasteiger charge is 2.20. The number of nitrogens with two attached hydrogens (primary N) is 2. The molecule has 8 heavy (non-hydrogen) atoms. The highest BCUT2D eigenvalue weighted by atomic mass is 16.5. The van der Waals surface area contributed by atoms with Crippen molar-refractivity contribution in [2.24, 2.45) is 5.73 Å². The van der Waals surface area contributed by atoms with Crippen LogP contribution < -0.4 is 11.1 Å². The molecule has 1 aliphatic carbocycles. The average Bonchev–Trinajstić information content (AvgIpc) is 1.55. The SMILES string of the molecule is NC(=[NH2+])OC1CCC1. The Morgan fingerprint density at radius 1 is 1.62 bits per heavy atom. The van der Waals surface area contributed by atoms with E-state index in [0.717, 1.165) is 12.8 Å². The van der Waals surface area contributed by atoms with E-state index in [4.69, 9.17) is 15.9 Å². The maximum absolute atomic E-state index is 5.08. The zero-order valence-corrected chi connectivity index (χ0v) is 4.76. The van der Waals surface area contributed by atoms with Crippen molar-refractivity contribution < 1.29 is 10.1 Å². The van der Waals surface area contributed by atoms with E-state index in [-0.39, 0.29) is 6.02 Å². The van der Waals surface area contributed by atoms with Crippen molar-refractivity contribution in [1.82, 2.24) is 0 Å². The Hall–Kier alpha value is -0.730. The van der Waals surface area contributed by atoms with Gasteiger partial charge < -0.3 is 4.74 Å². The topological polar surface area (TPSA) is 60.8 Å². The highest BCUT2D eigenvalue weighted by Crippen LogP contribution is 2.20. The molecule has 0 aromatic rings. The Labute approximate surface area is 48.3 Å². The Kier molecular flexibility index (Phi) is 1.37. The standard InChI is InChI=1S/C5H10N2O/c6-5(7)8-4-2-1-3-4/h4H,1-3H2,(H3,6,7)/p+1. The predicted molar refractivity (Wildman–Crippen MR) is 29.8 cm³/mol. The summed E-state index contributed by atoms with van der Waals surface area (Å²) < 4.78 is 4.96. The van der Waals surface area contributed by atoms with Crippen LogP contribution in [-0.2, 0) is 4.74 Å². The lowest BCUT2D eigenvalue weighted by molar-refractivity contribution is -0.151. The van der Waals surface area contributed by atoms with Crippen LogP contribution in [0.15, 0.2) is 0 Å².